The normalized spacial score (nSPS) is 30.9. The van der Waals surface area contributed by atoms with Crippen LogP contribution < -0.4 is 0 Å². The molecule has 0 aromatic rings. The lowest BCUT2D eigenvalue weighted by molar-refractivity contribution is -0.0560. The third-order valence-electron chi connectivity index (χ3n) is 4.48. The highest BCUT2D eigenvalue weighted by Gasteiger charge is 2.26. The lowest BCUT2D eigenvalue weighted by Gasteiger charge is -2.39. The van der Waals surface area contributed by atoms with Gasteiger partial charge in [-0.25, -0.2) is 0 Å². The number of morpholine rings is 1. The van der Waals surface area contributed by atoms with Crippen LogP contribution >= 0.6 is 15.9 Å². The zero-order valence-corrected chi connectivity index (χ0v) is 14.1. The van der Waals surface area contributed by atoms with E-state index in [1.165, 1.54) is 32.4 Å². The second-order valence-corrected chi connectivity index (χ2v) is 7.12. The van der Waals surface area contributed by atoms with Gasteiger partial charge in [-0.2, -0.15) is 0 Å². The maximum atomic E-state index is 5.96. The van der Waals surface area contributed by atoms with Crippen molar-refractivity contribution in [2.24, 2.45) is 5.92 Å². The van der Waals surface area contributed by atoms with Crippen molar-refractivity contribution in [3.8, 4) is 0 Å². The van der Waals surface area contributed by atoms with Gasteiger partial charge in [0.15, 0.2) is 0 Å². The summed E-state index contributed by atoms with van der Waals surface area (Å²) in [6.45, 7) is 11.3. The SMILES string of the molecule is CC(C)N1CCOC(CN2CCCC(CCBr)C2)C1. The summed E-state index contributed by atoms with van der Waals surface area (Å²) in [5, 5.41) is 1.15. The predicted octanol–water partition coefficient (Wildman–Crippen LogP) is 2.59. The number of halogens is 1. The first-order valence-corrected chi connectivity index (χ1v) is 8.95. The van der Waals surface area contributed by atoms with E-state index in [1.807, 2.05) is 0 Å². The van der Waals surface area contributed by atoms with E-state index in [4.69, 9.17) is 4.74 Å². The van der Waals surface area contributed by atoms with Gasteiger partial charge in [0.2, 0.25) is 0 Å². The van der Waals surface area contributed by atoms with Crippen molar-refractivity contribution < 1.29 is 4.74 Å². The average Bonchev–Trinajstić information content (AvgIpc) is 2.40. The zero-order chi connectivity index (χ0) is 13.7. The summed E-state index contributed by atoms with van der Waals surface area (Å²) >= 11 is 3.58. The molecule has 0 radical (unpaired) electrons. The first-order valence-electron chi connectivity index (χ1n) is 7.83. The van der Waals surface area contributed by atoms with Crippen LogP contribution in [0.15, 0.2) is 0 Å². The second kappa shape index (κ2) is 7.96. The molecule has 0 aromatic carbocycles. The van der Waals surface area contributed by atoms with Gasteiger partial charge in [0.05, 0.1) is 12.7 Å². The highest BCUT2D eigenvalue weighted by Crippen LogP contribution is 2.21. The van der Waals surface area contributed by atoms with Gasteiger partial charge in [0, 0.05) is 37.6 Å². The van der Waals surface area contributed by atoms with E-state index >= 15 is 0 Å². The average molecular weight is 333 g/mol. The number of ether oxygens (including phenoxy) is 1. The molecule has 112 valence electrons. The number of likely N-dealkylation sites (tertiary alicyclic amines) is 1. The van der Waals surface area contributed by atoms with E-state index in [0.717, 1.165) is 37.5 Å². The summed E-state index contributed by atoms with van der Waals surface area (Å²) in [4.78, 5) is 5.18. The lowest BCUT2D eigenvalue weighted by Crippen LogP contribution is -2.51. The fraction of sp³-hybridized carbons (Fsp3) is 1.00. The van der Waals surface area contributed by atoms with Crippen LogP contribution in [-0.2, 0) is 4.74 Å². The van der Waals surface area contributed by atoms with Gasteiger partial charge in [0.1, 0.15) is 0 Å². The van der Waals surface area contributed by atoms with Crippen LogP contribution in [0.3, 0.4) is 0 Å². The molecule has 3 nitrogen and oxygen atoms in total. The fourth-order valence-electron chi connectivity index (χ4n) is 3.32. The van der Waals surface area contributed by atoms with Gasteiger partial charge in [0.25, 0.3) is 0 Å². The highest BCUT2D eigenvalue weighted by molar-refractivity contribution is 9.09. The molecule has 0 bridgehead atoms. The summed E-state index contributed by atoms with van der Waals surface area (Å²) in [6, 6.07) is 0.647. The number of hydrogen-bond acceptors (Lipinski definition) is 3. The second-order valence-electron chi connectivity index (χ2n) is 6.33. The smallest absolute Gasteiger partial charge is 0.0829 e. The number of piperidine rings is 1. The van der Waals surface area contributed by atoms with Gasteiger partial charge >= 0.3 is 0 Å². The number of hydrogen-bond donors (Lipinski definition) is 0. The molecule has 2 saturated heterocycles. The van der Waals surface area contributed by atoms with Gasteiger partial charge in [-0.1, -0.05) is 15.9 Å². The summed E-state index contributed by atoms with van der Waals surface area (Å²) < 4.78 is 5.96. The molecular weight excluding hydrogens is 304 g/mol. The fourth-order valence-corrected chi connectivity index (χ4v) is 3.96. The third-order valence-corrected chi connectivity index (χ3v) is 4.94. The molecule has 2 unspecified atom stereocenters. The van der Waals surface area contributed by atoms with Crippen LogP contribution in [0.4, 0.5) is 0 Å². The van der Waals surface area contributed by atoms with E-state index in [1.54, 1.807) is 0 Å². The monoisotopic (exact) mass is 332 g/mol. The first-order chi connectivity index (χ1) is 9.19. The molecule has 2 rings (SSSR count). The zero-order valence-electron chi connectivity index (χ0n) is 12.5. The molecule has 19 heavy (non-hydrogen) atoms. The summed E-state index contributed by atoms with van der Waals surface area (Å²) in [6.07, 6.45) is 4.50. The maximum absolute atomic E-state index is 5.96. The molecule has 2 atom stereocenters. The summed E-state index contributed by atoms with van der Waals surface area (Å²) in [5.74, 6) is 0.887. The molecule has 0 N–H and O–H groups in total. The Balaban J connectivity index is 1.76. The summed E-state index contributed by atoms with van der Waals surface area (Å²) in [7, 11) is 0. The maximum Gasteiger partial charge on any atom is 0.0829 e. The molecule has 4 heteroatoms. The van der Waals surface area contributed by atoms with E-state index < -0.39 is 0 Å². The Bertz CT molecular complexity index is 261. The Hall–Kier alpha value is 0.360. The Labute approximate surface area is 126 Å². The molecule has 2 aliphatic heterocycles. The predicted molar refractivity (Wildman–Crippen MR) is 84.0 cm³/mol. The van der Waals surface area contributed by atoms with Gasteiger partial charge in [-0.3, -0.25) is 4.90 Å². The Morgan fingerprint density at radius 1 is 1.26 bits per heavy atom. The minimum Gasteiger partial charge on any atom is -0.374 e. The van der Waals surface area contributed by atoms with Crippen molar-refractivity contribution in [3.05, 3.63) is 0 Å². The molecule has 0 spiro atoms. The van der Waals surface area contributed by atoms with Crippen LogP contribution in [0.1, 0.15) is 33.1 Å². The van der Waals surface area contributed by atoms with Crippen molar-refractivity contribution >= 4 is 15.9 Å². The van der Waals surface area contributed by atoms with E-state index in [2.05, 4.69) is 39.6 Å². The van der Waals surface area contributed by atoms with Crippen molar-refractivity contribution in [1.29, 1.82) is 0 Å². The number of rotatable bonds is 5. The standard InChI is InChI=1S/C15H29BrN2O/c1-13(2)18-8-9-19-15(12-18)11-17-7-3-4-14(10-17)5-6-16/h13-15H,3-12H2,1-2H3. The molecule has 2 aliphatic rings. The Morgan fingerprint density at radius 3 is 2.84 bits per heavy atom. The van der Waals surface area contributed by atoms with Crippen molar-refractivity contribution in [3.63, 3.8) is 0 Å². The minimum absolute atomic E-state index is 0.416. The third kappa shape index (κ3) is 5.00. The van der Waals surface area contributed by atoms with E-state index in [0.29, 0.717) is 12.1 Å². The van der Waals surface area contributed by atoms with Crippen LogP contribution in [0.25, 0.3) is 0 Å². The Morgan fingerprint density at radius 2 is 2.11 bits per heavy atom. The van der Waals surface area contributed by atoms with Crippen LogP contribution in [0.5, 0.6) is 0 Å². The van der Waals surface area contributed by atoms with Crippen molar-refractivity contribution in [2.75, 3.05) is 44.7 Å². The van der Waals surface area contributed by atoms with Crippen LogP contribution in [0.2, 0.25) is 0 Å². The van der Waals surface area contributed by atoms with Crippen molar-refractivity contribution in [1.82, 2.24) is 9.80 Å². The topological polar surface area (TPSA) is 15.7 Å². The molecule has 0 aromatic heterocycles. The quantitative estimate of drug-likeness (QED) is 0.720. The van der Waals surface area contributed by atoms with E-state index in [-0.39, 0.29) is 0 Å². The van der Waals surface area contributed by atoms with Gasteiger partial charge in [-0.15, -0.1) is 0 Å². The molecule has 2 fully saturated rings. The van der Waals surface area contributed by atoms with E-state index in [9.17, 15) is 0 Å². The number of nitrogens with zero attached hydrogens (tertiary/aromatic N) is 2. The molecule has 0 aliphatic carbocycles. The lowest BCUT2D eigenvalue weighted by atomic mass is 9.95. The minimum atomic E-state index is 0.416. The molecule has 0 amide bonds. The van der Waals surface area contributed by atoms with Crippen molar-refractivity contribution in [2.45, 2.75) is 45.3 Å². The molecular formula is C15H29BrN2O. The molecule has 0 saturated carbocycles. The van der Waals surface area contributed by atoms with Crippen LogP contribution in [0, 0.1) is 5.92 Å². The Kier molecular flexibility index (Phi) is 6.60. The van der Waals surface area contributed by atoms with Gasteiger partial charge in [-0.05, 0) is 45.6 Å². The summed E-state index contributed by atoms with van der Waals surface area (Å²) in [5.41, 5.74) is 0. The van der Waals surface area contributed by atoms with Crippen LogP contribution in [-0.4, -0.2) is 66.6 Å². The highest BCUT2D eigenvalue weighted by atomic mass is 79.9. The number of alkyl halides is 1. The largest absolute Gasteiger partial charge is 0.374 e. The van der Waals surface area contributed by atoms with Gasteiger partial charge < -0.3 is 9.64 Å². The molecule has 2 heterocycles. The first kappa shape index (κ1) is 15.7.